The molecule has 1 saturated heterocycles. The number of hydrogen-bond acceptors (Lipinski definition) is 3. The van der Waals surface area contributed by atoms with Crippen molar-refractivity contribution < 1.29 is 14.7 Å². The lowest BCUT2D eigenvalue weighted by molar-refractivity contribution is -0.132. The molecule has 1 fully saturated rings. The van der Waals surface area contributed by atoms with Crippen molar-refractivity contribution >= 4 is 34.5 Å². The molecule has 0 aromatic heterocycles. The van der Waals surface area contributed by atoms with Crippen molar-refractivity contribution in [2.24, 2.45) is 0 Å². The maximum atomic E-state index is 12.4. The van der Waals surface area contributed by atoms with Crippen molar-refractivity contribution in [2.75, 3.05) is 32.7 Å². The van der Waals surface area contributed by atoms with Crippen LogP contribution in [-0.2, 0) is 4.79 Å². The van der Waals surface area contributed by atoms with Crippen LogP contribution in [-0.4, -0.2) is 59.5 Å². The molecule has 2 rings (SSSR count). The highest BCUT2D eigenvalue weighted by Gasteiger charge is 2.24. The maximum Gasteiger partial charge on any atom is 0.332 e. The third-order valence-corrected chi connectivity index (χ3v) is 4.42. The summed E-state index contributed by atoms with van der Waals surface area (Å²) in [5, 5.41) is 8.84. The van der Waals surface area contributed by atoms with Crippen molar-refractivity contribution in [3.05, 3.63) is 45.6 Å². The summed E-state index contributed by atoms with van der Waals surface area (Å²) >= 11 is 2.16. The minimum atomic E-state index is -0.965. The van der Waals surface area contributed by atoms with Gasteiger partial charge in [-0.3, -0.25) is 9.69 Å². The maximum absolute atomic E-state index is 12.4. The van der Waals surface area contributed by atoms with Gasteiger partial charge in [0.1, 0.15) is 0 Å². The van der Waals surface area contributed by atoms with Gasteiger partial charge in [0.25, 0.3) is 5.91 Å². The minimum Gasteiger partial charge on any atom is -0.478 e. The molecule has 0 unspecified atom stereocenters. The van der Waals surface area contributed by atoms with Crippen LogP contribution in [0.2, 0.25) is 0 Å². The Hall–Kier alpha value is -1.41. The summed E-state index contributed by atoms with van der Waals surface area (Å²) in [5.74, 6) is -0.927. The molecule has 5 nitrogen and oxygen atoms in total. The smallest absolute Gasteiger partial charge is 0.332 e. The van der Waals surface area contributed by atoms with E-state index in [4.69, 9.17) is 5.11 Å². The Bertz CT molecular complexity index is 566. The summed E-state index contributed by atoms with van der Waals surface area (Å²) in [5.41, 5.74) is 0.911. The average Bonchev–Trinajstić information content (AvgIpc) is 2.47. The summed E-state index contributed by atoms with van der Waals surface area (Å²) in [7, 11) is 0. The molecule has 21 heavy (non-hydrogen) atoms. The van der Waals surface area contributed by atoms with E-state index in [-0.39, 0.29) is 11.5 Å². The van der Waals surface area contributed by atoms with Crippen LogP contribution in [0.25, 0.3) is 0 Å². The molecular formula is C15H17IN2O3. The molecule has 1 aromatic carbocycles. The van der Waals surface area contributed by atoms with E-state index in [9.17, 15) is 9.59 Å². The van der Waals surface area contributed by atoms with Crippen molar-refractivity contribution in [3.8, 4) is 0 Å². The van der Waals surface area contributed by atoms with Gasteiger partial charge in [-0.15, -0.1) is 0 Å². The van der Waals surface area contributed by atoms with Crippen molar-refractivity contribution in [1.29, 1.82) is 0 Å². The molecule has 0 spiro atoms. The zero-order chi connectivity index (χ0) is 15.4. The first-order chi connectivity index (χ1) is 9.99. The molecule has 1 N–H and O–H groups in total. The van der Waals surface area contributed by atoms with Crippen molar-refractivity contribution in [2.45, 2.75) is 0 Å². The molecule has 0 radical (unpaired) electrons. The predicted molar refractivity (Wildman–Crippen MR) is 88.3 cm³/mol. The third-order valence-electron chi connectivity index (χ3n) is 3.48. The van der Waals surface area contributed by atoms with E-state index in [1.54, 1.807) is 0 Å². The predicted octanol–water partition coefficient (Wildman–Crippen LogP) is 1.69. The highest BCUT2D eigenvalue weighted by atomic mass is 127. The van der Waals surface area contributed by atoms with Gasteiger partial charge < -0.3 is 10.0 Å². The van der Waals surface area contributed by atoms with Crippen LogP contribution in [0.4, 0.5) is 0 Å². The Kier molecular flexibility index (Phi) is 5.35. The number of amides is 1. The first kappa shape index (κ1) is 16.0. The number of carbonyl (C=O) groups is 2. The fourth-order valence-corrected chi connectivity index (χ4v) is 2.87. The molecule has 0 atom stereocenters. The summed E-state index contributed by atoms with van der Waals surface area (Å²) in [6.45, 7) is 6.44. The number of carboxylic acids is 1. The number of benzene rings is 1. The highest BCUT2D eigenvalue weighted by Crippen LogP contribution is 2.15. The van der Waals surface area contributed by atoms with Gasteiger partial charge in [0.15, 0.2) is 0 Å². The molecule has 0 saturated carbocycles. The zero-order valence-electron chi connectivity index (χ0n) is 11.6. The largest absolute Gasteiger partial charge is 0.478 e. The van der Waals surface area contributed by atoms with Gasteiger partial charge in [-0.25, -0.2) is 4.79 Å². The molecule has 112 valence electrons. The number of carbonyl (C=O) groups excluding carboxylic acids is 1. The van der Waals surface area contributed by atoms with Gasteiger partial charge in [-0.1, -0.05) is 18.7 Å². The summed E-state index contributed by atoms with van der Waals surface area (Å²) < 4.78 is 0.946. The first-order valence-electron chi connectivity index (χ1n) is 6.66. The molecule has 6 heteroatoms. The fourth-order valence-electron chi connectivity index (χ4n) is 2.25. The van der Waals surface area contributed by atoms with E-state index in [2.05, 4.69) is 29.2 Å². The Morgan fingerprint density at radius 1 is 1.19 bits per heavy atom. The van der Waals surface area contributed by atoms with Crippen LogP contribution in [0.5, 0.6) is 0 Å². The lowest BCUT2D eigenvalue weighted by Crippen LogP contribution is -2.49. The SMILES string of the molecule is C=C(CN1CCN(C(=O)c2ccccc2I)CC1)C(=O)O. The van der Waals surface area contributed by atoms with Gasteiger partial charge in [0, 0.05) is 41.9 Å². The van der Waals surface area contributed by atoms with Crippen LogP contribution in [0.3, 0.4) is 0 Å². The van der Waals surface area contributed by atoms with Crippen LogP contribution in [0, 0.1) is 3.57 Å². The second kappa shape index (κ2) is 7.04. The van der Waals surface area contributed by atoms with Crippen molar-refractivity contribution in [1.82, 2.24) is 9.80 Å². The average molecular weight is 400 g/mol. The third kappa shape index (κ3) is 4.04. The molecule has 1 amide bonds. The normalized spacial score (nSPS) is 15.8. The second-order valence-corrected chi connectivity index (χ2v) is 6.12. The molecule has 0 aliphatic carbocycles. The Balaban J connectivity index is 1.92. The number of carboxylic acid groups (broad SMARTS) is 1. The molecule has 0 bridgehead atoms. The number of piperazine rings is 1. The van der Waals surface area contributed by atoms with E-state index >= 15 is 0 Å². The van der Waals surface area contributed by atoms with E-state index in [1.807, 2.05) is 34.1 Å². The summed E-state index contributed by atoms with van der Waals surface area (Å²) in [6, 6.07) is 7.53. The van der Waals surface area contributed by atoms with Crippen LogP contribution < -0.4 is 0 Å². The van der Waals surface area contributed by atoms with E-state index in [0.717, 1.165) is 9.13 Å². The minimum absolute atomic E-state index is 0.0386. The Labute approximate surface area is 137 Å². The number of nitrogens with zero attached hydrogens (tertiary/aromatic N) is 2. The fraction of sp³-hybridized carbons (Fsp3) is 0.333. The quantitative estimate of drug-likeness (QED) is 0.618. The standard InChI is InChI=1S/C15H17IN2O3/c1-11(15(20)21)10-17-6-8-18(9-7-17)14(19)12-4-2-3-5-13(12)16/h2-5H,1,6-10H2,(H,20,21). The van der Waals surface area contributed by atoms with Gasteiger partial charge in [0.05, 0.1) is 5.56 Å². The molecule has 1 aromatic rings. The number of aliphatic carboxylic acids is 1. The van der Waals surface area contributed by atoms with Gasteiger partial charge in [0.2, 0.25) is 0 Å². The molecule has 1 aliphatic heterocycles. The Morgan fingerprint density at radius 2 is 1.81 bits per heavy atom. The van der Waals surface area contributed by atoms with Gasteiger partial charge >= 0.3 is 5.97 Å². The zero-order valence-corrected chi connectivity index (χ0v) is 13.7. The molecule has 1 aliphatic rings. The summed E-state index contributed by atoms with van der Waals surface area (Å²) in [6.07, 6.45) is 0. The lowest BCUT2D eigenvalue weighted by Gasteiger charge is -2.34. The Morgan fingerprint density at radius 3 is 2.38 bits per heavy atom. The van der Waals surface area contributed by atoms with E-state index in [0.29, 0.717) is 32.7 Å². The van der Waals surface area contributed by atoms with Crippen molar-refractivity contribution in [3.63, 3.8) is 0 Å². The number of hydrogen-bond donors (Lipinski definition) is 1. The van der Waals surface area contributed by atoms with Crippen LogP contribution >= 0.6 is 22.6 Å². The van der Waals surface area contributed by atoms with Crippen LogP contribution in [0.1, 0.15) is 10.4 Å². The molecule has 1 heterocycles. The van der Waals surface area contributed by atoms with E-state index in [1.165, 1.54) is 0 Å². The summed E-state index contributed by atoms with van der Waals surface area (Å²) in [4.78, 5) is 27.1. The molecular weight excluding hydrogens is 383 g/mol. The highest BCUT2D eigenvalue weighted by molar-refractivity contribution is 14.1. The van der Waals surface area contributed by atoms with Gasteiger partial charge in [-0.05, 0) is 34.7 Å². The second-order valence-electron chi connectivity index (χ2n) is 4.96. The van der Waals surface area contributed by atoms with E-state index < -0.39 is 5.97 Å². The number of halogens is 1. The topological polar surface area (TPSA) is 60.9 Å². The van der Waals surface area contributed by atoms with Gasteiger partial charge in [-0.2, -0.15) is 0 Å². The monoisotopic (exact) mass is 400 g/mol. The number of rotatable bonds is 4. The lowest BCUT2D eigenvalue weighted by atomic mass is 10.1. The van der Waals surface area contributed by atoms with Crippen LogP contribution in [0.15, 0.2) is 36.4 Å². The first-order valence-corrected chi connectivity index (χ1v) is 7.74.